The molecule has 0 radical (unpaired) electrons. The number of carbonyl (C=O) groups excluding carboxylic acids is 1. The van der Waals surface area contributed by atoms with Crippen LogP contribution in [0, 0.1) is 30.1 Å². The Hall–Kier alpha value is -2.34. The zero-order chi connectivity index (χ0) is 21.8. The van der Waals surface area contributed by atoms with Crippen LogP contribution in [-0.2, 0) is 0 Å². The molecule has 2 N–H and O–H groups in total. The van der Waals surface area contributed by atoms with Crippen LogP contribution in [0.5, 0.6) is 0 Å². The number of carbonyl (C=O) groups is 1. The lowest BCUT2D eigenvalue weighted by atomic mass is 9.48. The molecule has 1 aromatic carbocycles. The number of hydrogen-bond donors (Lipinski definition) is 2. The van der Waals surface area contributed by atoms with Crippen LogP contribution in [-0.4, -0.2) is 28.1 Å². The summed E-state index contributed by atoms with van der Waals surface area (Å²) in [5.41, 5.74) is 1.70. The van der Waals surface area contributed by atoms with Gasteiger partial charge in [0.05, 0.1) is 11.3 Å². The van der Waals surface area contributed by atoms with Crippen LogP contribution in [0.4, 0.5) is 4.79 Å². The van der Waals surface area contributed by atoms with Crippen molar-refractivity contribution in [1.82, 2.24) is 15.1 Å². The Morgan fingerprint density at radius 1 is 1.19 bits per heavy atom. The summed E-state index contributed by atoms with van der Waals surface area (Å²) in [6.45, 7) is 3.93. The highest BCUT2D eigenvalue weighted by Crippen LogP contribution is 2.61. The predicted molar refractivity (Wildman–Crippen MR) is 122 cm³/mol. The predicted octanol–water partition coefficient (Wildman–Crippen LogP) is 4.86. The number of rotatable bonds is 4. The number of aliphatic imine (C=N–C) groups is 1. The average Bonchev–Trinajstić information content (AvgIpc) is 2.99. The number of aromatic amines is 1. The summed E-state index contributed by atoms with van der Waals surface area (Å²) in [7, 11) is 0. The number of H-pyrrole nitrogens is 1. The van der Waals surface area contributed by atoms with Gasteiger partial charge in [0.1, 0.15) is 0 Å². The number of aromatic nitrogens is 2. The fourth-order valence-electron chi connectivity index (χ4n) is 6.69. The van der Waals surface area contributed by atoms with E-state index in [1.165, 1.54) is 49.4 Å². The smallest absolute Gasteiger partial charge is 0.333 e. The van der Waals surface area contributed by atoms with Gasteiger partial charge in [-0.2, -0.15) is 0 Å². The summed E-state index contributed by atoms with van der Waals surface area (Å²) >= 11 is 5.94. The Morgan fingerprint density at radius 2 is 1.77 bits per heavy atom. The summed E-state index contributed by atoms with van der Waals surface area (Å²) in [4.78, 5) is 29.5. The highest BCUT2D eigenvalue weighted by molar-refractivity contribution is 6.30. The van der Waals surface area contributed by atoms with Gasteiger partial charge >= 0.3 is 6.03 Å². The molecule has 0 saturated heterocycles. The molecule has 4 bridgehead atoms. The second-order valence-corrected chi connectivity index (χ2v) is 10.4. The van der Waals surface area contributed by atoms with Crippen LogP contribution < -0.4 is 10.9 Å². The molecule has 6 rings (SSSR count). The van der Waals surface area contributed by atoms with E-state index in [0.29, 0.717) is 22.0 Å². The van der Waals surface area contributed by atoms with Crippen LogP contribution in [0.3, 0.4) is 0 Å². The molecular formula is C24H29ClN4O2. The van der Waals surface area contributed by atoms with Gasteiger partial charge in [-0.25, -0.2) is 14.5 Å². The largest absolute Gasteiger partial charge is 0.341 e. The third-order valence-electron chi connectivity index (χ3n) is 7.86. The van der Waals surface area contributed by atoms with Crippen LogP contribution >= 0.6 is 11.6 Å². The molecule has 1 atom stereocenters. The average molecular weight is 441 g/mol. The van der Waals surface area contributed by atoms with E-state index in [1.807, 2.05) is 0 Å². The van der Waals surface area contributed by atoms with E-state index >= 15 is 0 Å². The van der Waals surface area contributed by atoms with Gasteiger partial charge in [-0.3, -0.25) is 9.89 Å². The minimum atomic E-state index is -0.374. The Balaban J connectivity index is 1.29. The molecule has 6 nitrogen and oxygen atoms in total. The summed E-state index contributed by atoms with van der Waals surface area (Å²) in [6.07, 6.45) is 9.20. The van der Waals surface area contributed by atoms with E-state index in [9.17, 15) is 9.59 Å². The third-order valence-corrected chi connectivity index (χ3v) is 8.11. The van der Waals surface area contributed by atoms with Crippen molar-refractivity contribution in [3.05, 3.63) is 50.9 Å². The van der Waals surface area contributed by atoms with Crippen molar-refractivity contribution in [3.8, 4) is 5.69 Å². The minimum absolute atomic E-state index is 0.101. The summed E-state index contributed by atoms with van der Waals surface area (Å²) < 4.78 is 1.43. The molecule has 0 spiro atoms. The van der Waals surface area contributed by atoms with E-state index in [-0.39, 0.29) is 23.0 Å². The number of nitrogens with zero attached hydrogens (tertiary/aromatic N) is 2. The van der Waals surface area contributed by atoms with E-state index in [0.717, 1.165) is 17.8 Å². The highest BCUT2D eigenvalue weighted by atomic mass is 35.5. The summed E-state index contributed by atoms with van der Waals surface area (Å²) in [5, 5.41) is 6.76. The van der Waals surface area contributed by atoms with E-state index in [4.69, 9.17) is 11.6 Å². The molecule has 7 heteroatoms. The fraction of sp³-hybridized carbons (Fsp3) is 0.542. The second-order valence-electron chi connectivity index (χ2n) is 9.98. The van der Waals surface area contributed by atoms with Crippen molar-refractivity contribution in [2.24, 2.45) is 28.2 Å². The van der Waals surface area contributed by atoms with Gasteiger partial charge in [0.2, 0.25) is 0 Å². The van der Waals surface area contributed by atoms with Crippen molar-refractivity contribution in [1.29, 1.82) is 0 Å². The van der Waals surface area contributed by atoms with Crippen molar-refractivity contribution in [2.75, 3.05) is 0 Å². The van der Waals surface area contributed by atoms with Gasteiger partial charge in [-0.05, 0) is 99.8 Å². The van der Waals surface area contributed by atoms with Gasteiger partial charge in [-0.15, -0.1) is 0 Å². The number of nitrogens with one attached hydrogen (secondary N) is 2. The molecular weight excluding hydrogens is 412 g/mol. The van der Waals surface area contributed by atoms with Crippen LogP contribution in [0.1, 0.15) is 56.7 Å². The zero-order valence-corrected chi connectivity index (χ0v) is 18.8. The molecule has 4 fully saturated rings. The van der Waals surface area contributed by atoms with Crippen LogP contribution in [0.25, 0.3) is 5.69 Å². The van der Waals surface area contributed by atoms with Gasteiger partial charge in [0.15, 0.2) is 0 Å². The van der Waals surface area contributed by atoms with Gasteiger partial charge in [0, 0.05) is 23.0 Å². The lowest BCUT2D eigenvalue weighted by Crippen LogP contribution is -2.55. The molecule has 2 amide bonds. The first-order valence-corrected chi connectivity index (χ1v) is 11.6. The Bertz CT molecular complexity index is 1050. The number of benzene rings is 1. The fourth-order valence-corrected chi connectivity index (χ4v) is 6.82. The van der Waals surface area contributed by atoms with Crippen molar-refractivity contribution >= 4 is 23.8 Å². The molecule has 164 valence electrons. The lowest BCUT2D eigenvalue weighted by molar-refractivity contribution is -0.0680. The quantitative estimate of drug-likeness (QED) is 0.665. The summed E-state index contributed by atoms with van der Waals surface area (Å²) in [5.74, 6) is 2.51. The Kier molecular flexibility index (Phi) is 5.08. The highest BCUT2D eigenvalue weighted by Gasteiger charge is 2.53. The maximum atomic E-state index is 12.8. The number of amides is 2. The Morgan fingerprint density at radius 3 is 2.35 bits per heavy atom. The molecule has 1 heterocycles. The number of urea groups is 1. The van der Waals surface area contributed by atoms with Crippen molar-refractivity contribution < 1.29 is 4.79 Å². The normalized spacial score (nSPS) is 30.1. The van der Waals surface area contributed by atoms with Crippen LogP contribution in [0.2, 0.25) is 5.02 Å². The Labute approximate surface area is 187 Å². The first kappa shape index (κ1) is 20.6. The van der Waals surface area contributed by atoms with E-state index < -0.39 is 0 Å². The molecule has 31 heavy (non-hydrogen) atoms. The standard InChI is InChI=1S/C24H29ClN4O2/c1-14-21(22(30)29(28-14)20-5-3-19(25)4-6-20)13-26-23(31)27-15(2)24-10-16-7-17(11-24)9-18(8-16)12-24/h3-6,13,15-18,28H,7-12H2,1-2H3,(H,27,31)/t15-,16?,17?,18?,24?/m0/s1. The van der Waals surface area contributed by atoms with Crippen LogP contribution in [0.15, 0.2) is 34.1 Å². The molecule has 4 aliphatic carbocycles. The number of aryl methyl sites for hydroxylation is 1. The third kappa shape index (κ3) is 3.75. The van der Waals surface area contributed by atoms with Gasteiger partial charge in [-0.1, -0.05) is 11.6 Å². The van der Waals surface area contributed by atoms with Crippen molar-refractivity contribution in [3.63, 3.8) is 0 Å². The molecule has 2 aromatic rings. The topological polar surface area (TPSA) is 79.2 Å². The van der Waals surface area contributed by atoms with E-state index in [2.05, 4.69) is 22.3 Å². The monoisotopic (exact) mass is 440 g/mol. The van der Waals surface area contributed by atoms with E-state index in [1.54, 1.807) is 31.2 Å². The summed E-state index contributed by atoms with van der Waals surface area (Å²) in [6, 6.07) is 6.71. The van der Waals surface area contributed by atoms with Gasteiger partial charge in [0.25, 0.3) is 5.56 Å². The minimum Gasteiger partial charge on any atom is -0.333 e. The van der Waals surface area contributed by atoms with Gasteiger partial charge < -0.3 is 5.32 Å². The molecule has 0 aliphatic heterocycles. The second kappa shape index (κ2) is 7.66. The SMILES string of the molecule is Cc1[nH]n(-c2ccc(Cl)cc2)c(=O)c1C=NC(=O)N[C@@H](C)C12CC3CC(CC(C3)C1)C2. The number of hydrogen-bond acceptors (Lipinski definition) is 2. The maximum absolute atomic E-state index is 12.8. The first-order valence-electron chi connectivity index (χ1n) is 11.2. The molecule has 0 unspecified atom stereocenters. The first-order chi connectivity index (χ1) is 14.8. The van der Waals surface area contributed by atoms with Crippen molar-refractivity contribution in [2.45, 2.75) is 58.4 Å². The number of halogens is 1. The zero-order valence-electron chi connectivity index (χ0n) is 18.0. The molecule has 1 aromatic heterocycles. The molecule has 4 aliphatic rings. The maximum Gasteiger partial charge on any atom is 0.341 e. The lowest BCUT2D eigenvalue weighted by Gasteiger charge is -2.59. The molecule has 4 saturated carbocycles.